The minimum Gasteiger partial charge on any atom is -0.480 e. The van der Waals surface area contributed by atoms with E-state index >= 15 is 0 Å². The lowest BCUT2D eigenvalue weighted by Crippen LogP contribution is -2.35. The van der Waals surface area contributed by atoms with Crippen LogP contribution < -0.4 is 10.6 Å². The Kier molecular flexibility index (Phi) is 7.88. The maximum absolute atomic E-state index is 12.7. The lowest BCUT2D eigenvalue weighted by molar-refractivity contribution is -0.138. The Bertz CT molecular complexity index is 967. The van der Waals surface area contributed by atoms with Gasteiger partial charge in [-0.3, -0.25) is 9.79 Å². The van der Waals surface area contributed by atoms with Crippen LogP contribution in [0.4, 0.5) is 5.69 Å². The maximum Gasteiger partial charge on any atom is 0.335 e. The topological polar surface area (TPSA) is 165 Å². The second-order valence-electron chi connectivity index (χ2n) is 8.32. The molecule has 0 saturated carbocycles. The van der Waals surface area contributed by atoms with Gasteiger partial charge in [-0.15, -0.1) is 0 Å². The summed E-state index contributed by atoms with van der Waals surface area (Å²) in [7, 11) is 0. The number of aliphatic hydroxyl groups excluding tert-OH is 1. The zero-order valence-corrected chi connectivity index (χ0v) is 19.0. The van der Waals surface area contributed by atoms with Crippen molar-refractivity contribution in [3.8, 4) is 0 Å². The molecule has 1 saturated heterocycles. The summed E-state index contributed by atoms with van der Waals surface area (Å²) in [6.45, 7) is 3.76. The molecule has 0 unspecified atom stereocenters. The molecule has 0 aromatic heterocycles. The van der Waals surface area contributed by atoms with Gasteiger partial charge in [-0.05, 0) is 31.5 Å². The molecule has 2 aliphatic rings. The van der Waals surface area contributed by atoms with Crippen LogP contribution >= 0.6 is 11.8 Å². The Morgan fingerprint density at radius 3 is 2.64 bits per heavy atom. The highest BCUT2D eigenvalue weighted by Gasteiger charge is 2.45. The number of aliphatic hydroxyl groups is 1. The fourth-order valence-electron chi connectivity index (χ4n) is 4.19. The molecule has 178 valence electrons. The highest BCUT2D eigenvalue weighted by atomic mass is 32.2. The Morgan fingerprint density at radius 2 is 2.03 bits per heavy atom. The van der Waals surface area contributed by atoms with E-state index < -0.39 is 41.3 Å². The molecule has 1 amide bonds. The summed E-state index contributed by atoms with van der Waals surface area (Å²) in [5, 5.41) is 34.0. The summed E-state index contributed by atoms with van der Waals surface area (Å²) in [5.74, 6) is -3.67. The lowest BCUT2D eigenvalue weighted by Gasteiger charge is -2.24. The number of aldehydes is 1. The molecule has 1 aromatic rings. The number of carboxylic acid groups (broad SMARTS) is 2. The van der Waals surface area contributed by atoms with Gasteiger partial charge in [-0.1, -0.05) is 13.0 Å². The van der Waals surface area contributed by atoms with Gasteiger partial charge in [0.1, 0.15) is 6.29 Å². The highest BCUT2D eigenvalue weighted by Crippen LogP contribution is 2.39. The predicted octanol–water partition coefficient (Wildman–Crippen LogP) is 0.895. The van der Waals surface area contributed by atoms with Gasteiger partial charge in [-0.25, -0.2) is 9.59 Å². The van der Waals surface area contributed by atoms with Crippen molar-refractivity contribution in [1.82, 2.24) is 5.32 Å². The number of benzene rings is 1. The van der Waals surface area contributed by atoms with Gasteiger partial charge in [0.25, 0.3) is 0 Å². The monoisotopic (exact) mass is 477 g/mol. The van der Waals surface area contributed by atoms with Gasteiger partial charge in [0, 0.05) is 34.4 Å². The van der Waals surface area contributed by atoms with Gasteiger partial charge in [-0.2, -0.15) is 11.8 Å². The molecule has 0 bridgehead atoms. The minimum absolute atomic E-state index is 0.0591. The molecule has 0 aliphatic carbocycles. The molecule has 0 radical (unpaired) electrons. The summed E-state index contributed by atoms with van der Waals surface area (Å²) in [6, 6.07) is 4.41. The highest BCUT2D eigenvalue weighted by molar-refractivity contribution is 8.00. The number of aliphatic carboxylic acids is 1. The molecular formula is C22H27N3O7S. The van der Waals surface area contributed by atoms with Crippen LogP contribution in [0.1, 0.15) is 30.6 Å². The van der Waals surface area contributed by atoms with Crippen LogP contribution in [-0.2, 0) is 14.4 Å². The van der Waals surface area contributed by atoms with Crippen LogP contribution in [0.2, 0.25) is 0 Å². The normalized spacial score (nSPS) is 28.6. The van der Waals surface area contributed by atoms with Crippen molar-refractivity contribution in [2.24, 2.45) is 16.8 Å². The zero-order valence-electron chi connectivity index (χ0n) is 18.2. The molecular weight excluding hydrogens is 450 g/mol. The van der Waals surface area contributed by atoms with Crippen molar-refractivity contribution in [2.75, 3.05) is 11.9 Å². The molecule has 2 aliphatic heterocycles. The first-order valence-corrected chi connectivity index (χ1v) is 11.5. The van der Waals surface area contributed by atoms with E-state index in [2.05, 4.69) is 15.6 Å². The number of nitrogens with zero attached hydrogens (tertiary/aromatic N) is 1. The quantitative estimate of drug-likeness (QED) is 0.325. The van der Waals surface area contributed by atoms with E-state index in [1.807, 2.05) is 0 Å². The largest absolute Gasteiger partial charge is 0.480 e. The number of carboxylic acids is 2. The molecule has 11 heteroatoms. The molecule has 1 aromatic carbocycles. The van der Waals surface area contributed by atoms with Gasteiger partial charge < -0.3 is 30.7 Å². The lowest BCUT2D eigenvalue weighted by atomic mass is 9.89. The van der Waals surface area contributed by atoms with E-state index in [0.717, 1.165) is 0 Å². The molecule has 1 fully saturated rings. The summed E-state index contributed by atoms with van der Waals surface area (Å²) in [4.78, 5) is 51.3. The van der Waals surface area contributed by atoms with Gasteiger partial charge >= 0.3 is 11.9 Å². The molecule has 5 N–H and O–H groups in total. The molecule has 0 spiro atoms. The molecule has 7 atom stereocenters. The second-order valence-corrected chi connectivity index (χ2v) is 9.81. The second kappa shape index (κ2) is 10.4. The molecule has 10 nitrogen and oxygen atoms in total. The fourth-order valence-corrected chi connectivity index (χ4v) is 5.83. The minimum atomic E-state index is -1.09. The predicted molar refractivity (Wildman–Crippen MR) is 123 cm³/mol. The van der Waals surface area contributed by atoms with Crippen LogP contribution in [0, 0.1) is 11.8 Å². The van der Waals surface area contributed by atoms with Crippen LogP contribution in [0.25, 0.3) is 0 Å². The van der Waals surface area contributed by atoms with E-state index in [4.69, 9.17) is 5.11 Å². The Hall–Kier alpha value is -2.76. The number of rotatable bonds is 9. The summed E-state index contributed by atoms with van der Waals surface area (Å²) in [6.07, 6.45) is 0.0822. The number of hydrogen-bond acceptors (Lipinski definition) is 8. The van der Waals surface area contributed by atoms with E-state index in [1.165, 1.54) is 30.8 Å². The Balaban J connectivity index is 1.63. The number of amides is 1. The van der Waals surface area contributed by atoms with Crippen molar-refractivity contribution < 1.29 is 34.5 Å². The van der Waals surface area contributed by atoms with Crippen LogP contribution in [-0.4, -0.2) is 80.4 Å². The van der Waals surface area contributed by atoms with Gasteiger partial charge in [0.05, 0.1) is 23.6 Å². The molecule has 3 rings (SSSR count). The number of hydrogen-bond donors (Lipinski definition) is 5. The number of nitrogens with one attached hydrogen (secondary N) is 2. The van der Waals surface area contributed by atoms with Crippen LogP contribution in [0.3, 0.4) is 0 Å². The van der Waals surface area contributed by atoms with E-state index in [1.54, 1.807) is 19.1 Å². The van der Waals surface area contributed by atoms with Crippen molar-refractivity contribution in [1.29, 1.82) is 0 Å². The summed E-state index contributed by atoms with van der Waals surface area (Å²) < 4.78 is 0. The van der Waals surface area contributed by atoms with Crippen molar-refractivity contribution in [3.05, 3.63) is 29.8 Å². The summed E-state index contributed by atoms with van der Waals surface area (Å²) >= 11 is 1.42. The van der Waals surface area contributed by atoms with Crippen molar-refractivity contribution in [2.45, 2.75) is 49.0 Å². The SMILES string of the molecule is C[C@@H]1C([C@H](C=O)[C@@H](C)O)=N[C@@H](C(=O)O)[C@@H]1S[C@H]1CN[C@H](C(=O)Nc2cccc(C(=O)O)c2)C1. The van der Waals surface area contributed by atoms with Crippen LogP contribution in [0.5, 0.6) is 0 Å². The number of aliphatic imine (C=N–C) groups is 1. The van der Waals surface area contributed by atoms with E-state index in [9.17, 15) is 29.4 Å². The van der Waals surface area contributed by atoms with E-state index in [0.29, 0.717) is 30.7 Å². The van der Waals surface area contributed by atoms with Crippen molar-refractivity contribution >= 4 is 47.3 Å². The average molecular weight is 478 g/mol. The summed E-state index contributed by atoms with van der Waals surface area (Å²) in [5.41, 5.74) is 0.838. The Labute approximate surface area is 194 Å². The maximum atomic E-state index is 12.7. The standard InChI is InChI=1S/C22H27N3O7S/c1-10-17(15(9-26)11(2)27)25-18(22(31)32)19(10)33-14-7-16(23-8-14)20(28)24-13-5-3-4-12(6-13)21(29)30/h3-6,9-11,14-16,18-19,23,27H,7-8H2,1-2H3,(H,24,28)(H,29,30)(H,31,32)/t10-,11-,14-,15-,16+,18-,19-/m1/s1. The first-order valence-electron chi connectivity index (χ1n) is 10.6. The first kappa shape index (κ1) is 24.9. The van der Waals surface area contributed by atoms with Gasteiger partial charge in [0.2, 0.25) is 5.91 Å². The van der Waals surface area contributed by atoms with Crippen molar-refractivity contribution in [3.63, 3.8) is 0 Å². The molecule has 2 heterocycles. The number of carbonyl (C=O) groups is 4. The number of thioether (sulfide) groups is 1. The third kappa shape index (κ3) is 5.60. The Morgan fingerprint density at radius 1 is 1.30 bits per heavy atom. The fraction of sp³-hybridized carbons (Fsp3) is 0.500. The average Bonchev–Trinajstić information content (AvgIpc) is 3.35. The van der Waals surface area contributed by atoms with E-state index in [-0.39, 0.29) is 22.6 Å². The molecule has 33 heavy (non-hydrogen) atoms. The number of anilines is 1. The van der Waals surface area contributed by atoms with Gasteiger partial charge in [0.15, 0.2) is 6.04 Å². The zero-order chi connectivity index (χ0) is 24.3. The van der Waals surface area contributed by atoms with Crippen LogP contribution in [0.15, 0.2) is 29.3 Å². The third-order valence-electron chi connectivity index (χ3n) is 5.95. The number of aromatic carboxylic acids is 1. The number of carbonyl (C=O) groups excluding carboxylic acids is 2. The smallest absolute Gasteiger partial charge is 0.335 e. The third-order valence-corrected chi connectivity index (χ3v) is 7.68. The first-order chi connectivity index (χ1) is 15.6.